The van der Waals surface area contributed by atoms with Crippen molar-refractivity contribution in [3.8, 4) is 0 Å². The number of aromatic nitrogens is 4. The third kappa shape index (κ3) is 2.16. The van der Waals surface area contributed by atoms with Crippen LogP contribution in [-0.2, 0) is 7.05 Å². The van der Waals surface area contributed by atoms with E-state index < -0.39 is 0 Å². The highest BCUT2D eigenvalue weighted by atomic mass is 16.1. The van der Waals surface area contributed by atoms with E-state index in [-0.39, 0.29) is 5.56 Å². The maximum Gasteiger partial charge on any atom is 0.277 e. The van der Waals surface area contributed by atoms with Crippen LogP contribution in [0.2, 0.25) is 0 Å². The van der Waals surface area contributed by atoms with Gasteiger partial charge >= 0.3 is 0 Å². The van der Waals surface area contributed by atoms with Crippen LogP contribution in [0.3, 0.4) is 0 Å². The van der Waals surface area contributed by atoms with Gasteiger partial charge in [-0.25, -0.2) is 4.98 Å². The van der Waals surface area contributed by atoms with Crippen LogP contribution in [0, 0.1) is 13.8 Å². The summed E-state index contributed by atoms with van der Waals surface area (Å²) in [6.07, 6.45) is 0. The van der Waals surface area contributed by atoms with Gasteiger partial charge in [0.15, 0.2) is 5.52 Å². The third-order valence-electron chi connectivity index (χ3n) is 3.50. The van der Waals surface area contributed by atoms with Gasteiger partial charge in [-0.2, -0.15) is 5.10 Å². The maximum absolute atomic E-state index is 12.1. The minimum Gasteiger partial charge on any atom is -0.309 e. The van der Waals surface area contributed by atoms with Gasteiger partial charge in [0.25, 0.3) is 5.56 Å². The molecule has 0 aliphatic heterocycles. The van der Waals surface area contributed by atoms with Gasteiger partial charge in [-0.05, 0) is 19.4 Å². The van der Waals surface area contributed by atoms with Crippen molar-refractivity contribution in [3.63, 3.8) is 0 Å². The smallest absolute Gasteiger partial charge is 0.277 e. The molecule has 3 aromatic rings. The zero-order chi connectivity index (χ0) is 15.1. The van der Waals surface area contributed by atoms with Gasteiger partial charge in [0.1, 0.15) is 17.0 Å². The lowest BCUT2D eigenvalue weighted by atomic mass is 10.0. The molecule has 0 radical (unpaired) electrons. The number of rotatable bonds is 2. The molecule has 3 rings (SSSR count). The Hall–Kier alpha value is -2.69. The second-order valence-electron chi connectivity index (χ2n) is 5.17. The molecular weight excluding hydrogens is 264 g/mol. The predicted molar refractivity (Wildman–Crippen MR) is 83.2 cm³/mol. The van der Waals surface area contributed by atoms with Crippen molar-refractivity contribution in [2.24, 2.45) is 7.05 Å². The van der Waals surface area contributed by atoms with Gasteiger partial charge in [0.2, 0.25) is 0 Å². The summed E-state index contributed by atoms with van der Waals surface area (Å²) in [5.41, 5.74) is 4.43. The minimum atomic E-state index is -0.185. The lowest BCUT2D eigenvalue weighted by Gasteiger charge is -2.04. The molecule has 5 heteroatoms. The standard InChI is InChI=1S/C16H16N4O/c1-9-5-7-12(8-6-9)10(2)13-14-15(20(4)19-13)16(21)18-11(3)17-14/h5-8H,2H2,1,3-4H3,(H,17,18,21). The van der Waals surface area contributed by atoms with E-state index in [0.29, 0.717) is 22.6 Å². The summed E-state index contributed by atoms with van der Waals surface area (Å²) >= 11 is 0. The summed E-state index contributed by atoms with van der Waals surface area (Å²) in [7, 11) is 1.74. The maximum atomic E-state index is 12.1. The highest BCUT2D eigenvalue weighted by Crippen LogP contribution is 2.25. The highest BCUT2D eigenvalue weighted by Gasteiger charge is 2.17. The van der Waals surface area contributed by atoms with Crippen molar-refractivity contribution >= 4 is 16.6 Å². The molecule has 106 valence electrons. The van der Waals surface area contributed by atoms with E-state index in [2.05, 4.69) is 21.6 Å². The van der Waals surface area contributed by atoms with Gasteiger partial charge in [0, 0.05) is 12.6 Å². The molecule has 2 aromatic heterocycles. The Labute approximate surface area is 122 Å². The Bertz CT molecular complexity index is 900. The van der Waals surface area contributed by atoms with Crippen molar-refractivity contribution in [1.29, 1.82) is 0 Å². The fourth-order valence-electron chi connectivity index (χ4n) is 2.39. The Balaban J connectivity index is 2.23. The van der Waals surface area contributed by atoms with Crippen molar-refractivity contribution in [2.45, 2.75) is 13.8 Å². The first-order chi connectivity index (χ1) is 9.97. The van der Waals surface area contributed by atoms with E-state index in [0.717, 1.165) is 11.1 Å². The molecular formula is C16H16N4O. The van der Waals surface area contributed by atoms with Gasteiger partial charge in [-0.15, -0.1) is 0 Å². The summed E-state index contributed by atoms with van der Waals surface area (Å²) in [6.45, 7) is 7.91. The molecule has 0 spiro atoms. The molecule has 2 heterocycles. The second kappa shape index (κ2) is 4.70. The molecule has 0 aliphatic carbocycles. The normalized spacial score (nSPS) is 11.0. The quantitative estimate of drug-likeness (QED) is 0.783. The third-order valence-corrected chi connectivity index (χ3v) is 3.50. The average Bonchev–Trinajstić information content (AvgIpc) is 2.76. The van der Waals surface area contributed by atoms with Gasteiger partial charge in [-0.1, -0.05) is 36.4 Å². The average molecular weight is 280 g/mol. The van der Waals surface area contributed by atoms with E-state index in [1.807, 2.05) is 31.2 Å². The van der Waals surface area contributed by atoms with Crippen molar-refractivity contribution in [2.75, 3.05) is 0 Å². The minimum absolute atomic E-state index is 0.185. The summed E-state index contributed by atoms with van der Waals surface area (Å²) < 4.78 is 1.55. The molecule has 1 N–H and O–H groups in total. The van der Waals surface area contributed by atoms with E-state index in [1.165, 1.54) is 5.56 Å². The van der Waals surface area contributed by atoms with Crippen LogP contribution >= 0.6 is 0 Å². The predicted octanol–water partition coefficient (Wildman–Crippen LogP) is 2.33. The molecule has 0 bridgehead atoms. The van der Waals surface area contributed by atoms with E-state index >= 15 is 0 Å². The summed E-state index contributed by atoms with van der Waals surface area (Å²) in [5.74, 6) is 0.568. The molecule has 0 unspecified atom stereocenters. The number of aryl methyl sites for hydroxylation is 3. The van der Waals surface area contributed by atoms with Crippen LogP contribution in [0.25, 0.3) is 16.6 Å². The van der Waals surface area contributed by atoms with E-state index in [4.69, 9.17) is 0 Å². The number of fused-ring (bicyclic) bond motifs is 1. The fourth-order valence-corrected chi connectivity index (χ4v) is 2.39. The molecule has 0 saturated heterocycles. The summed E-state index contributed by atoms with van der Waals surface area (Å²) in [6, 6.07) is 8.05. The van der Waals surface area contributed by atoms with Crippen LogP contribution in [0.5, 0.6) is 0 Å². The van der Waals surface area contributed by atoms with Crippen LogP contribution < -0.4 is 5.56 Å². The molecule has 0 aliphatic rings. The molecule has 1 aromatic carbocycles. The Morgan fingerprint density at radius 1 is 1.24 bits per heavy atom. The molecule has 21 heavy (non-hydrogen) atoms. The number of nitrogens with zero attached hydrogens (tertiary/aromatic N) is 3. The number of nitrogens with one attached hydrogen (secondary N) is 1. The number of aromatic amines is 1. The molecule has 0 fully saturated rings. The zero-order valence-electron chi connectivity index (χ0n) is 12.3. The van der Waals surface area contributed by atoms with Crippen LogP contribution in [0.4, 0.5) is 0 Å². The van der Waals surface area contributed by atoms with Crippen LogP contribution in [-0.4, -0.2) is 19.7 Å². The molecule has 0 atom stereocenters. The van der Waals surface area contributed by atoms with Crippen molar-refractivity contribution in [1.82, 2.24) is 19.7 Å². The lowest BCUT2D eigenvalue weighted by molar-refractivity contribution is 0.786. The van der Waals surface area contributed by atoms with Crippen LogP contribution in [0.1, 0.15) is 22.6 Å². The Morgan fingerprint density at radius 3 is 2.57 bits per heavy atom. The largest absolute Gasteiger partial charge is 0.309 e. The highest BCUT2D eigenvalue weighted by molar-refractivity contribution is 5.91. The molecule has 5 nitrogen and oxygen atoms in total. The van der Waals surface area contributed by atoms with Crippen molar-refractivity contribution in [3.05, 3.63) is 63.8 Å². The lowest BCUT2D eigenvalue weighted by Crippen LogP contribution is -2.12. The summed E-state index contributed by atoms with van der Waals surface area (Å²) in [4.78, 5) is 19.2. The number of hydrogen-bond donors (Lipinski definition) is 1. The van der Waals surface area contributed by atoms with Gasteiger partial charge < -0.3 is 4.98 Å². The number of H-pyrrole nitrogens is 1. The van der Waals surface area contributed by atoms with Gasteiger partial charge in [0.05, 0.1) is 0 Å². The first-order valence-corrected chi connectivity index (χ1v) is 6.67. The van der Waals surface area contributed by atoms with E-state index in [9.17, 15) is 4.79 Å². The van der Waals surface area contributed by atoms with Gasteiger partial charge in [-0.3, -0.25) is 9.48 Å². The Morgan fingerprint density at radius 2 is 1.90 bits per heavy atom. The molecule has 0 amide bonds. The monoisotopic (exact) mass is 280 g/mol. The summed E-state index contributed by atoms with van der Waals surface area (Å²) in [5, 5.41) is 4.43. The Kier molecular flexibility index (Phi) is 2.97. The topological polar surface area (TPSA) is 63.6 Å². The fraction of sp³-hybridized carbons (Fsp3) is 0.188. The zero-order valence-corrected chi connectivity index (χ0v) is 12.3. The first-order valence-electron chi connectivity index (χ1n) is 6.67. The number of hydrogen-bond acceptors (Lipinski definition) is 3. The second-order valence-corrected chi connectivity index (χ2v) is 5.17. The van der Waals surface area contributed by atoms with Crippen LogP contribution in [0.15, 0.2) is 35.6 Å². The number of benzene rings is 1. The molecule has 0 saturated carbocycles. The SMILES string of the molecule is C=C(c1ccc(C)cc1)c1nn(C)c2c(=O)[nH]c(C)nc12. The van der Waals surface area contributed by atoms with Crippen molar-refractivity contribution < 1.29 is 0 Å². The van der Waals surface area contributed by atoms with E-state index in [1.54, 1.807) is 18.7 Å². The first kappa shape index (κ1) is 13.3.